The molecule has 0 aliphatic rings. The molecule has 29 heavy (non-hydrogen) atoms. The van der Waals surface area contributed by atoms with Gasteiger partial charge < -0.3 is 15.4 Å². The Morgan fingerprint density at radius 3 is 2.28 bits per heavy atom. The molecule has 2 amide bonds. The predicted molar refractivity (Wildman–Crippen MR) is 111 cm³/mol. The van der Waals surface area contributed by atoms with E-state index in [4.69, 9.17) is 27.9 Å². The van der Waals surface area contributed by atoms with Crippen LogP contribution in [0.3, 0.4) is 0 Å². The van der Waals surface area contributed by atoms with Gasteiger partial charge in [0.1, 0.15) is 11.6 Å². The topological polar surface area (TPSA) is 67.4 Å². The normalized spacial score (nSPS) is 10.3. The minimum Gasteiger partial charge on any atom is -0.484 e. The summed E-state index contributed by atoms with van der Waals surface area (Å²) in [6.45, 7) is -0.246. The van der Waals surface area contributed by atoms with Gasteiger partial charge in [-0.05, 0) is 66.7 Å². The van der Waals surface area contributed by atoms with E-state index >= 15 is 0 Å². The van der Waals surface area contributed by atoms with Crippen LogP contribution >= 0.6 is 23.2 Å². The fraction of sp³-hybridized carbons (Fsp3) is 0.0476. The number of ether oxygens (including phenoxy) is 1. The molecule has 0 saturated carbocycles. The molecule has 0 heterocycles. The van der Waals surface area contributed by atoms with Crippen molar-refractivity contribution >= 4 is 46.4 Å². The lowest BCUT2D eigenvalue weighted by Crippen LogP contribution is -2.20. The first-order valence-electron chi connectivity index (χ1n) is 8.45. The van der Waals surface area contributed by atoms with E-state index in [1.54, 1.807) is 36.4 Å². The average molecular weight is 433 g/mol. The van der Waals surface area contributed by atoms with Crippen molar-refractivity contribution in [3.05, 3.63) is 88.2 Å². The summed E-state index contributed by atoms with van der Waals surface area (Å²) in [5.41, 5.74) is 1.26. The quantitative estimate of drug-likeness (QED) is 0.547. The van der Waals surface area contributed by atoms with Gasteiger partial charge in [-0.15, -0.1) is 0 Å². The average Bonchev–Trinajstić information content (AvgIpc) is 2.71. The highest BCUT2D eigenvalue weighted by Gasteiger charge is 2.09. The molecule has 0 aliphatic heterocycles. The molecule has 8 heteroatoms. The van der Waals surface area contributed by atoms with Gasteiger partial charge in [-0.1, -0.05) is 23.2 Å². The minimum atomic E-state index is -0.410. The van der Waals surface area contributed by atoms with E-state index in [1.165, 1.54) is 30.3 Å². The van der Waals surface area contributed by atoms with Gasteiger partial charge in [-0.2, -0.15) is 0 Å². The van der Waals surface area contributed by atoms with Gasteiger partial charge >= 0.3 is 0 Å². The Morgan fingerprint density at radius 2 is 1.59 bits per heavy atom. The van der Waals surface area contributed by atoms with Crippen LogP contribution < -0.4 is 15.4 Å². The SMILES string of the molecule is O=C(COc1ccc(C(=O)Nc2ccc(F)cc2)cc1)Nc1cc(Cl)ccc1Cl. The first kappa shape index (κ1) is 20.6. The highest BCUT2D eigenvalue weighted by atomic mass is 35.5. The first-order valence-corrected chi connectivity index (χ1v) is 9.21. The van der Waals surface area contributed by atoms with Crippen molar-refractivity contribution in [1.82, 2.24) is 0 Å². The molecule has 2 N–H and O–H groups in total. The number of nitrogens with one attached hydrogen (secondary N) is 2. The van der Waals surface area contributed by atoms with Crippen molar-refractivity contribution in [3.63, 3.8) is 0 Å². The van der Waals surface area contributed by atoms with Crippen molar-refractivity contribution in [2.75, 3.05) is 17.2 Å². The molecule has 0 radical (unpaired) electrons. The van der Waals surface area contributed by atoms with Crippen LogP contribution in [0.5, 0.6) is 5.75 Å². The molecule has 0 fully saturated rings. The molecule has 0 atom stereocenters. The first-order chi connectivity index (χ1) is 13.9. The predicted octanol–water partition coefficient (Wildman–Crippen LogP) is 5.40. The lowest BCUT2D eigenvalue weighted by molar-refractivity contribution is -0.118. The van der Waals surface area contributed by atoms with Crippen LogP contribution in [0.1, 0.15) is 10.4 Å². The molecule has 0 bridgehead atoms. The number of rotatable bonds is 6. The number of carbonyl (C=O) groups is 2. The van der Waals surface area contributed by atoms with Gasteiger partial charge in [0.15, 0.2) is 6.61 Å². The summed E-state index contributed by atoms with van der Waals surface area (Å²) in [4.78, 5) is 24.2. The molecule has 0 aromatic heterocycles. The Kier molecular flexibility index (Phi) is 6.69. The summed E-state index contributed by atoms with van der Waals surface area (Å²) < 4.78 is 18.3. The number of benzene rings is 3. The third kappa shape index (κ3) is 5.94. The van der Waals surface area contributed by atoms with Gasteiger partial charge in [0, 0.05) is 16.3 Å². The summed E-state index contributed by atoms with van der Waals surface area (Å²) >= 11 is 11.9. The van der Waals surface area contributed by atoms with E-state index in [1.807, 2.05) is 0 Å². The van der Waals surface area contributed by atoms with Crippen molar-refractivity contribution in [2.45, 2.75) is 0 Å². The summed E-state index contributed by atoms with van der Waals surface area (Å²) in [6, 6.07) is 16.4. The van der Waals surface area contributed by atoms with Gasteiger partial charge in [-0.3, -0.25) is 9.59 Å². The van der Waals surface area contributed by atoms with Crippen LogP contribution in [-0.2, 0) is 4.79 Å². The zero-order valence-corrected chi connectivity index (χ0v) is 16.4. The number of carbonyl (C=O) groups excluding carboxylic acids is 2. The van der Waals surface area contributed by atoms with Crippen LogP contribution in [0, 0.1) is 5.82 Å². The Bertz CT molecular complexity index is 1030. The largest absolute Gasteiger partial charge is 0.484 e. The van der Waals surface area contributed by atoms with Crippen molar-refractivity contribution in [1.29, 1.82) is 0 Å². The second kappa shape index (κ2) is 9.41. The molecule has 3 aromatic rings. The minimum absolute atomic E-state index is 0.246. The van der Waals surface area contributed by atoms with Crippen LogP contribution in [-0.4, -0.2) is 18.4 Å². The van der Waals surface area contributed by atoms with Gasteiger partial charge in [0.25, 0.3) is 11.8 Å². The highest BCUT2D eigenvalue weighted by molar-refractivity contribution is 6.35. The van der Waals surface area contributed by atoms with Gasteiger partial charge in [-0.25, -0.2) is 4.39 Å². The number of amides is 2. The van der Waals surface area contributed by atoms with Crippen molar-refractivity contribution < 1.29 is 18.7 Å². The molecule has 5 nitrogen and oxygen atoms in total. The van der Waals surface area contributed by atoms with E-state index in [0.29, 0.717) is 32.7 Å². The monoisotopic (exact) mass is 432 g/mol. The van der Waals surface area contributed by atoms with E-state index in [2.05, 4.69) is 10.6 Å². The maximum absolute atomic E-state index is 12.9. The molecule has 0 spiro atoms. The van der Waals surface area contributed by atoms with E-state index in [-0.39, 0.29) is 18.3 Å². The third-order valence-corrected chi connectivity index (χ3v) is 4.36. The summed E-state index contributed by atoms with van der Waals surface area (Å²) in [7, 11) is 0. The highest BCUT2D eigenvalue weighted by Crippen LogP contribution is 2.25. The van der Waals surface area contributed by atoms with Gasteiger partial charge in [0.05, 0.1) is 10.7 Å². The fourth-order valence-electron chi connectivity index (χ4n) is 2.37. The molecule has 0 unspecified atom stereocenters. The second-order valence-corrected chi connectivity index (χ2v) is 6.79. The molecule has 3 rings (SSSR count). The fourth-order valence-corrected chi connectivity index (χ4v) is 2.70. The lowest BCUT2D eigenvalue weighted by Gasteiger charge is -2.10. The Hall–Kier alpha value is -3.09. The molecular weight excluding hydrogens is 418 g/mol. The standard InChI is InChI=1S/C21H15Cl2FN2O3/c22-14-3-10-18(23)19(11-14)26-20(27)12-29-17-8-1-13(2-9-17)21(28)25-16-6-4-15(24)5-7-16/h1-11H,12H2,(H,25,28)(H,26,27). The van der Waals surface area contributed by atoms with Crippen LogP contribution in [0.15, 0.2) is 66.7 Å². The van der Waals surface area contributed by atoms with E-state index in [0.717, 1.165) is 0 Å². The number of anilines is 2. The number of hydrogen-bond acceptors (Lipinski definition) is 3. The summed E-state index contributed by atoms with van der Waals surface area (Å²) in [5, 5.41) is 6.07. The maximum Gasteiger partial charge on any atom is 0.262 e. The molecule has 3 aromatic carbocycles. The molecular formula is C21H15Cl2FN2O3. The molecule has 0 aliphatic carbocycles. The van der Waals surface area contributed by atoms with Crippen molar-refractivity contribution in [3.8, 4) is 5.75 Å². The third-order valence-electron chi connectivity index (χ3n) is 3.79. The van der Waals surface area contributed by atoms with Crippen LogP contribution in [0.25, 0.3) is 0 Å². The van der Waals surface area contributed by atoms with Crippen LogP contribution in [0.4, 0.5) is 15.8 Å². The second-order valence-electron chi connectivity index (χ2n) is 5.95. The number of halogens is 3. The Morgan fingerprint density at radius 1 is 0.897 bits per heavy atom. The Balaban J connectivity index is 1.53. The zero-order chi connectivity index (χ0) is 20.8. The van der Waals surface area contributed by atoms with Crippen LogP contribution in [0.2, 0.25) is 10.0 Å². The summed E-state index contributed by atoms with van der Waals surface area (Å²) in [5.74, 6) is -0.731. The van der Waals surface area contributed by atoms with E-state index in [9.17, 15) is 14.0 Å². The maximum atomic E-state index is 12.9. The smallest absolute Gasteiger partial charge is 0.262 e. The Labute approximate surface area is 176 Å². The van der Waals surface area contributed by atoms with Crippen molar-refractivity contribution in [2.24, 2.45) is 0 Å². The van der Waals surface area contributed by atoms with Gasteiger partial charge in [0.2, 0.25) is 0 Å². The molecule has 0 saturated heterocycles. The molecule has 148 valence electrons. The zero-order valence-electron chi connectivity index (χ0n) is 14.9. The summed E-state index contributed by atoms with van der Waals surface area (Å²) in [6.07, 6.45) is 0. The number of hydrogen-bond donors (Lipinski definition) is 2. The van der Waals surface area contributed by atoms with E-state index < -0.39 is 5.91 Å². The lowest BCUT2D eigenvalue weighted by atomic mass is 10.2.